The lowest BCUT2D eigenvalue weighted by atomic mass is 9.48. The number of aryl methyl sites for hydroxylation is 1. The van der Waals surface area contributed by atoms with Crippen LogP contribution in [0.3, 0.4) is 0 Å². The largest absolute Gasteiger partial charge is 0.256 e. The number of benzene rings is 2. The summed E-state index contributed by atoms with van der Waals surface area (Å²) < 4.78 is 1.11. The van der Waals surface area contributed by atoms with Gasteiger partial charge in [0.05, 0.1) is 5.69 Å². The molecule has 4 aliphatic rings. The summed E-state index contributed by atoms with van der Waals surface area (Å²) in [7, 11) is 0. The molecule has 2 heteroatoms. The summed E-state index contributed by atoms with van der Waals surface area (Å²) in [6, 6.07) is 15.4. The molecule has 0 atom stereocenters. The predicted molar refractivity (Wildman–Crippen MR) is 112 cm³/mol. The third-order valence-corrected chi connectivity index (χ3v) is 7.61. The quantitative estimate of drug-likeness (QED) is 0.486. The highest BCUT2D eigenvalue weighted by atomic mass is 79.9. The van der Waals surface area contributed by atoms with Crippen LogP contribution in [0, 0.1) is 24.7 Å². The molecule has 0 radical (unpaired) electrons. The van der Waals surface area contributed by atoms with E-state index in [0.717, 1.165) is 33.5 Å². The molecule has 0 saturated heterocycles. The molecule has 0 unspecified atom stereocenters. The Balaban J connectivity index is 1.46. The molecular formula is C24H26BrN. The molecule has 0 aromatic heterocycles. The number of hydrogen-bond acceptors (Lipinski definition) is 1. The maximum absolute atomic E-state index is 4.85. The SMILES string of the molecule is Cc1ccc(C23CC4CC(CC(C4)C2)C3)cc1N=Cc1ccc(Br)cc1. The van der Waals surface area contributed by atoms with Crippen LogP contribution in [0.5, 0.6) is 0 Å². The van der Waals surface area contributed by atoms with Crippen molar-refractivity contribution in [2.24, 2.45) is 22.7 Å². The zero-order valence-corrected chi connectivity index (χ0v) is 17.0. The third kappa shape index (κ3) is 2.97. The van der Waals surface area contributed by atoms with Crippen molar-refractivity contribution in [3.8, 4) is 0 Å². The van der Waals surface area contributed by atoms with Crippen molar-refractivity contribution in [1.82, 2.24) is 0 Å². The number of rotatable bonds is 3. The van der Waals surface area contributed by atoms with Crippen LogP contribution >= 0.6 is 15.9 Å². The second-order valence-corrected chi connectivity index (χ2v) is 9.92. The van der Waals surface area contributed by atoms with E-state index >= 15 is 0 Å². The highest BCUT2D eigenvalue weighted by Gasteiger charge is 2.51. The fourth-order valence-corrected chi connectivity index (χ4v) is 6.50. The van der Waals surface area contributed by atoms with E-state index in [-0.39, 0.29) is 0 Å². The van der Waals surface area contributed by atoms with Gasteiger partial charge in [-0.3, -0.25) is 4.99 Å². The normalized spacial score (nSPS) is 32.5. The molecule has 4 bridgehead atoms. The number of hydrogen-bond donors (Lipinski definition) is 0. The van der Waals surface area contributed by atoms with Crippen LogP contribution in [-0.4, -0.2) is 6.21 Å². The Bertz CT molecular complexity index is 814. The molecule has 4 fully saturated rings. The minimum Gasteiger partial charge on any atom is -0.256 e. The van der Waals surface area contributed by atoms with Crippen molar-refractivity contribution in [3.05, 3.63) is 63.6 Å². The molecule has 0 aliphatic heterocycles. The highest BCUT2D eigenvalue weighted by molar-refractivity contribution is 9.10. The van der Waals surface area contributed by atoms with E-state index in [2.05, 4.69) is 65.3 Å². The summed E-state index contributed by atoms with van der Waals surface area (Å²) in [4.78, 5) is 4.85. The summed E-state index contributed by atoms with van der Waals surface area (Å²) in [5.74, 6) is 2.95. The molecule has 134 valence electrons. The lowest BCUT2D eigenvalue weighted by molar-refractivity contribution is -0.00517. The van der Waals surface area contributed by atoms with E-state index in [1.54, 1.807) is 5.56 Å². The van der Waals surface area contributed by atoms with Crippen molar-refractivity contribution >= 4 is 27.8 Å². The van der Waals surface area contributed by atoms with Gasteiger partial charge >= 0.3 is 0 Å². The lowest BCUT2D eigenvalue weighted by Crippen LogP contribution is -2.48. The van der Waals surface area contributed by atoms with Gasteiger partial charge in [0, 0.05) is 10.7 Å². The van der Waals surface area contributed by atoms with Crippen LogP contribution in [0.1, 0.15) is 55.2 Å². The van der Waals surface area contributed by atoms with Crippen LogP contribution in [0.15, 0.2) is 51.9 Å². The highest BCUT2D eigenvalue weighted by Crippen LogP contribution is 2.60. The minimum atomic E-state index is 0.449. The Morgan fingerprint density at radius 3 is 2.15 bits per heavy atom. The average Bonchev–Trinajstić information content (AvgIpc) is 2.61. The Kier molecular flexibility index (Phi) is 4.08. The smallest absolute Gasteiger partial charge is 0.0661 e. The molecule has 6 rings (SSSR count). The molecule has 4 saturated carbocycles. The number of halogens is 1. The van der Waals surface area contributed by atoms with E-state index in [1.807, 2.05) is 6.21 Å². The fraction of sp³-hybridized carbons (Fsp3) is 0.458. The molecule has 4 aliphatic carbocycles. The van der Waals surface area contributed by atoms with E-state index in [4.69, 9.17) is 4.99 Å². The first-order chi connectivity index (χ1) is 12.6. The van der Waals surface area contributed by atoms with Gasteiger partial charge in [0.15, 0.2) is 0 Å². The molecule has 0 heterocycles. The van der Waals surface area contributed by atoms with Gasteiger partial charge in [0.1, 0.15) is 0 Å². The lowest BCUT2D eigenvalue weighted by Gasteiger charge is -2.57. The second-order valence-electron chi connectivity index (χ2n) is 9.01. The van der Waals surface area contributed by atoms with E-state index in [9.17, 15) is 0 Å². The maximum Gasteiger partial charge on any atom is 0.0661 e. The molecule has 0 amide bonds. The number of nitrogens with zero attached hydrogens (tertiary/aromatic N) is 1. The van der Waals surface area contributed by atoms with Crippen LogP contribution in [-0.2, 0) is 5.41 Å². The van der Waals surface area contributed by atoms with Gasteiger partial charge in [-0.25, -0.2) is 0 Å². The topological polar surface area (TPSA) is 12.4 Å². The number of aliphatic imine (C=N–C) groups is 1. The average molecular weight is 408 g/mol. The molecule has 0 spiro atoms. The predicted octanol–water partition coefficient (Wildman–Crippen LogP) is 6.98. The first-order valence-electron chi connectivity index (χ1n) is 10.0. The van der Waals surface area contributed by atoms with Crippen LogP contribution in [0.2, 0.25) is 0 Å². The summed E-state index contributed by atoms with van der Waals surface area (Å²) in [6.45, 7) is 2.18. The summed E-state index contributed by atoms with van der Waals surface area (Å²) >= 11 is 3.49. The first kappa shape index (κ1) is 16.7. The van der Waals surface area contributed by atoms with E-state index < -0.39 is 0 Å². The standard InChI is InChI=1S/C24H26BrN/c1-16-2-5-21(11-23(16)26-15-17-3-6-22(25)7-4-17)24-12-18-8-19(13-24)10-20(9-18)14-24/h2-7,11,15,18-20H,8-10,12-14H2,1H3. The summed E-state index contributed by atoms with van der Waals surface area (Å²) in [5.41, 5.74) is 5.57. The molecule has 2 aromatic rings. The second kappa shape index (κ2) is 6.34. The molecule has 0 N–H and O–H groups in total. The van der Waals surface area contributed by atoms with Crippen molar-refractivity contribution in [1.29, 1.82) is 0 Å². The Morgan fingerprint density at radius 2 is 1.54 bits per heavy atom. The molecule has 2 aromatic carbocycles. The van der Waals surface area contributed by atoms with Gasteiger partial charge < -0.3 is 0 Å². The fourth-order valence-electron chi connectivity index (χ4n) is 6.24. The molecule has 26 heavy (non-hydrogen) atoms. The summed E-state index contributed by atoms with van der Waals surface area (Å²) in [5, 5.41) is 0. The zero-order valence-electron chi connectivity index (χ0n) is 15.4. The Labute approximate surface area is 165 Å². The summed E-state index contributed by atoms with van der Waals surface area (Å²) in [6.07, 6.45) is 10.7. The van der Waals surface area contributed by atoms with Crippen LogP contribution in [0.4, 0.5) is 5.69 Å². The van der Waals surface area contributed by atoms with Gasteiger partial charge in [0.25, 0.3) is 0 Å². The first-order valence-corrected chi connectivity index (χ1v) is 10.8. The van der Waals surface area contributed by atoms with E-state index in [1.165, 1.54) is 44.1 Å². The Morgan fingerprint density at radius 1 is 0.923 bits per heavy atom. The van der Waals surface area contributed by atoms with Gasteiger partial charge in [-0.15, -0.1) is 0 Å². The van der Waals surface area contributed by atoms with Crippen LogP contribution < -0.4 is 0 Å². The molecular weight excluding hydrogens is 382 g/mol. The van der Waals surface area contributed by atoms with Gasteiger partial charge in [0.2, 0.25) is 0 Å². The minimum absolute atomic E-state index is 0.449. The van der Waals surface area contributed by atoms with Gasteiger partial charge in [-0.05, 0) is 104 Å². The van der Waals surface area contributed by atoms with Crippen molar-refractivity contribution in [2.75, 3.05) is 0 Å². The van der Waals surface area contributed by atoms with E-state index in [0.29, 0.717) is 5.41 Å². The molecule has 1 nitrogen and oxygen atoms in total. The van der Waals surface area contributed by atoms with Crippen molar-refractivity contribution in [3.63, 3.8) is 0 Å². The maximum atomic E-state index is 4.85. The van der Waals surface area contributed by atoms with Crippen molar-refractivity contribution in [2.45, 2.75) is 50.9 Å². The third-order valence-electron chi connectivity index (χ3n) is 7.08. The zero-order chi connectivity index (χ0) is 17.7. The Hall–Kier alpha value is -1.41. The van der Waals surface area contributed by atoms with Crippen molar-refractivity contribution < 1.29 is 0 Å². The van der Waals surface area contributed by atoms with Gasteiger partial charge in [-0.2, -0.15) is 0 Å². The van der Waals surface area contributed by atoms with Crippen LogP contribution in [0.25, 0.3) is 0 Å². The monoisotopic (exact) mass is 407 g/mol. The van der Waals surface area contributed by atoms with Gasteiger partial charge in [-0.1, -0.05) is 40.2 Å².